The van der Waals surface area contributed by atoms with Gasteiger partial charge in [0.05, 0.1) is 5.02 Å². The second-order valence-electron chi connectivity index (χ2n) is 6.76. The predicted octanol–water partition coefficient (Wildman–Crippen LogP) is 5.22. The molecule has 2 heterocycles. The summed E-state index contributed by atoms with van der Waals surface area (Å²) >= 11 is 12.1. The molecule has 0 bridgehead atoms. The average molecular weight is 406 g/mol. The molecule has 1 aromatic carbocycles. The van der Waals surface area contributed by atoms with Crippen LogP contribution in [0.4, 0.5) is 11.5 Å². The van der Waals surface area contributed by atoms with Crippen molar-refractivity contribution in [2.24, 2.45) is 10.9 Å². The molecule has 27 heavy (non-hydrogen) atoms. The largest absolute Gasteiger partial charge is 0.424 e. The van der Waals surface area contributed by atoms with Crippen molar-refractivity contribution >= 4 is 40.5 Å². The van der Waals surface area contributed by atoms with Crippen molar-refractivity contribution in [2.45, 2.75) is 45.6 Å². The summed E-state index contributed by atoms with van der Waals surface area (Å²) in [6, 6.07) is 5.07. The Kier molecular flexibility index (Phi) is 5.10. The number of hydrogen-bond acceptors (Lipinski definition) is 4. The van der Waals surface area contributed by atoms with Crippen LogP contribution in [0.5, 0.6) is 11.8 Å². The van der Waals surface area contributed by atoms with Gasteiger partial charge in [0.25, 0.3) is 0 Å². The standard InChI is InChI=1S/C19H19Cl2N4O2/c1-2-9-25-17-15(22-16(23-17)11-5-3-4-6-11)18(26)24-19(25)27-14-8-7-12(20)10-13(14)21/h7-8,10-11H,2-6,9H2,1H3. The van der Waals surface area contributed by atoms with E-state index in [2.05, 4.69) is 10.3 Å². The molecule has 6 nitrogen and oxygen atoms in total. The van der Waals surface area contributed by atoms with Gasteiger partial charge in [0.1, 0.15) is 11.6 Å². The van der Waals surface area contributed by atoms with Gasteiger partial charge in [0.2, 0.25) is 0 Å². The fourth-order valence-electron chi connectivity index (χ4n) is 3.50. The molecule has 1 radical (unpaired) electrons. The maximum Gasteiger partial charge on any atom is 0.307 e. The number of benzene rings is 1. The van der Waals surface area contributed by atoms with Gasteiger partial charge in [-0.15, -0.1) is 0 Å². The Morgan fingerprint density at radius 2 is 2.04 bits per heavy atom. The molecule has 0 unspecified atom stereocenters. The van der Waals surface area contributed by atoms with Gasteiger partial charge in [-0.3, -0.25) is 9.36 Å². The molecule has 0 spiro atoms. The van der Waals surface area contributed by atoms with Crippen LogP contribution in [0.3, 0.4) is 0 Å². The number of rotatable bonds is 5. The molecule has 0 amide bonds. The van der Waals surface area contributed by atoms with Crippen molar-refractivity contribution in [1.29, 1.82) is 0 Å². The van der Waals surface area contributed by atoms with Crippen molar-refractivity contribution in [2.75, 3.05) is 0 Å². The summed E-state index contributed by atoms with van der Waals surface area (Å²) in [6.07, 6.45) is 5.31. The van der Waals surface area contributed by atoms with E-state index in [0.29, 0.717) is 39.8 Å². The Balaban J connectivity index is 1.75. The van der Waals surface area contributed by atoms with E-state index in [9.17, 15) is 4.79 Å². The fourth-order valence-corrected chi connectivity index (χ4v) is 3.95. The molecule has 141 valence electrons. The first-order valence-corrected chi connectivity index (χ1v) is 9.90. The van der Waals surface area contributed by atoms with Gasteiger partial charge in [0, 0.05) is 17.5 Å². The number of aromatic nitrogens is 2. The van der Waals surface area contributed by atoms with E-state index < -0.39 is 5.56 Å². The van der Waals surface area contributed by atoms with Gasteiger partial charge < -0.3 is 4.74 Å². The van der Waals surface area contributed by atoms with E-state index >= 15 is 0 Å². The quantitative estimate of drug-likeness (QED) is 0.683. The molecular formula is C19H19Cl2N4O2. The van der Waals surface area contributed by atoms with Crippen LogP contribution in [-0.4, -0.2) is 15.4 Å². The smallest absolute Gasteiger partial charge is 0.307 e. The van der Waals surface area contributed by atoms with Crippen LogP contribution in [0.1, 0.15) is 39.0 Å². The Hall–Kier alpha value is -2.05. The van der Waals surface area contributed by atoms with Crippen LogP contribution in [0.2, 0.25) is 10.0 Å². The molecule has 8 heteroatoms. The molecule has 2 aliphatic rings. The molecule has 2 aromatic rings. The number of halogens is 2. The molecule has 0 saturated heterocycles. The summed E-state index contributed by atoms with van der Waals surface area (Å²) in [4.78, 5) is 21.4. The Labute approximate surface area is 167 Å². The first kappa shape index (κ1) is 18.3. The summed E-state index contributed by atoms with van der Waals surface area (Å²) in [5.41, 5.74) is -0.130. The second-order valence-corrected chi connectivity index (χ2v) is 7.61. The number of aliphatic imine (C=N–C) groups is 1. The summed E-state index contributed by atoms with van der Waals surface area (Å²) in [7, 11) is 0. The van der Waals surface area contributed by atoms with Crippen LogP contribution in [0.15, 0.2) is 28.0 Å². The van der Waals surface area contributed by atoms with Gasteiger partial charge in [-0.25, -0.2) is 10.3 Å². The van der Waals surface area contributed by atoms with Crippen molar-refractivity contribution in [3.63, 3.8) is 0 Å². The van der Waals surface area contributed by atoms with Gasteiger partial charge in [-0.2, -0.15) is 4.98 Å². The lowest BCUT2D eigenvalue weighted by atomic mass is 10.1. The molecular weight excluding hydrogens is 387 g/mol. The van der Waals surface area contributed by atoms with Crippen LogP contribution >= 0.6 is 23.2 Å². The molecule has 1 aliphatic heterocycles. The molecule has 0 atom stereocenters. The normalized spacial score (nSPS) is 16.2. The van der Waals surface area contributed by atoms with Crippen LogP contribution in [0.25, 0.3) is 0 Å². The topological polar surface area (TPSA) is 70.6 Å². The Bertz CT molecular complexity index is 965. The minimum atomic E-state index is -0.436. The maximum absolute atomic E-state index is 12.6. The van der Waals surface area contributed by atoms with E-state index in [4.69, 9.17) is 32.9 Å². The third-order valence-corrected chi connectivity index (χ3v) is 5.34. The highest BCUT2D eigenvalue weighted by Crippen LogP contribution is 2.37. The Morgan fingerprint density at radius 3 is 2.74 bits per heavy atom. The lowest BCUT2D eigenvalue weighted by molar-refractivity contribution is 0.401. The highest BCUT2D eigenvalue weighted by atomic mass is 35.5. The van der Waals surface area contributed by atoms with Crippen molar-refractivity contribution < 1.29 is 4.74 Å². The SMILES string of the molecule is CCCn1c(Oc2ccc(Cl)cc2Cl)nc(=O)c2c1N=C(C1CCCC1)[N]2. The second kappa shape index (κ2) is 7.52. The highest BCUT2D eigenvalue weighted by molar-refractivity contribution is 6.35. The van der Waals surface area contributed by atoms with E-state index in [1.165, 1.54) is 12.8 Å². The van der Waals surface area contributed by atoms with E-state index in [0.717, 1.165) is 25.1 Å². The first-order chi connectivity index (χ1) is 13.1. The van der Waals surface area contributed by atoms with Crippen LogP contribution in [-0.2, 0) is 6.54 Å². The summed E-state index contributed by atoms with van der Waals surface area (Å²) < 4.78 is 7.66. The summed E-state index contributed by atoms with van der Waals surface area (Å²) in [6.45, 7) is 2.64. The molecule has 1 fully saturated rings. The first-order valence-electron chi connectivity index (χ1n) is 9.15. The number of fused-ring (bicyclic) bond motifs is 1. The van der Waals surface area contributed by atoms with E-state index in [1.807, 2.05) is 6.92 Å². The van der Waals surface area contributed by atoms with Crippen LogP contribution < -0.4 is 15.6 Å². The minimum Gasteiger partial charge on any atom is -0.424 e. The predicted molar refractivity (Wildman–Crippen MR) is 106 cm³/mol. The van der Waals surface area contributed by atoms with Gasteiger partial charge in [-0.05, 0) is 37.5 Å². The number of hydrogen-bond donors (Lipinski definition) is 0. The molecule has 4 rings (SSSR count). The zero-order valence-corrected chi connectivity index (χ0v) is 16.4. The highest BCUT2D eigenvalue weighted by Gasteiger charge is 2.31. The number of nitrogens with zero attached hydrogens (tertiary/aromatic N) is 4. The lowest BCUT2D eigenvalue weighted by Crippen LogP contribution is -2.21. The summed E-state index contributed by atoms with van der Waals surface area (Å²) in [5, 5.41) is 5.36. The maximum atomic E-state index is 12.6. The van der Waals surface area contributed by atoms with E-state index in [1.54, 1.807) is 22.8 Å². The third-order valence-electron chi connectivity index (χ3n) is 4.81. The Morgan fingerprint density at radius 1 is 1.26 bits per heavy atom. The van der Waals surface area contributed by atoms with Crippen molar-refractivity contribution in [3.05, 3.63) is 38.6 Å². The average Bonchev–Trinajstić information content (AvgIpc) is 3.30. The zero-order valence-electron chi connectivity index (χ0n) is 14.9. The lowest BCUT2D eigenvalue weighted by Gasteiger charge is -2.15. The zero-order chi connectivity index (χ0) is 19.0. The van der Waals surface area contributed by atoms with Crippen LogP contribution in [0, 0.1) is 5.92 Å². The van der Waals surface area contributed by atoms with Gasteiger partial charge >= 0.3 is 11.6 Å². The van der Waals surface area contributed by atoms with Gasteiger partial charge in [0.15, 0.2) is 11.5 Å². The molecule has 1 aliphatic carbocycles. The summed E-state index contributed by atoms with van der Waals surface area (Å²) in [5.74, 6) is 1.97. The minimum absolute atomic E-state index is 0.163. The number of ether oxygens (including phenoxy) is 1. The van der Waals surface area contributed by atoms with E-state index in [-0.39, 0.29) is 6.01 Å². The third kappa shape index (κ3) is 3.56. The van der Waals surface area contributed by atoms with Gasteiger partial charge in [-0.1, -0.05) is 43.0 Å². The van der Waals surface area contributed by atoms with Crippen molar-refractivity contribution in [3.8, 4) is 11.8 Å². The molecule has 0 N–H and O–H groups in total. The number of amidine groups is 1. The fraction of sp³-hybridized carbons (Fsp3) is 0.421. The van der Waals surface area contributed by atoms with Crippen molar-refractivity contribution in [1.82, 2.24) is 14.9 Å². The molecule has 1 saturated carbocycles. The monoisotopic (exact) mass is 405 g/mol. The molecule has 1 aromatic heterocycles.